The van der Waals surface area contributed by atoms with E-state index in [1.807, 2.05) is 6.92 Å². The van der Waals surface area contributed by atoms with Crippen LogP contribution in [0.1, 0.15) is 56.3 Å². The fraction of sp³-hybridized carbons (Fsp3) is 0.552. The SMILES string of the molecule is C[C@@H]1CN([C@@H](C)CO)C(=O)c2cc(NS(=O)(=O)c3ccc(Cl)cc3)ccc2O[C@@H]1CN(C)CC1CCCCC1. The smallest absolute Gasteiger partial charge is 0.261 e. The van der Waals surface area contributed by atoms with Gasteiger partial charge in [-0.15, -0.1) is 0 Å². The molecule has 2 N–H and O–H groups in total. The number of aliphatic hydroxyl groups excluding tert-OH is 1. The van der Waals surface area contributed by atoms with Crippen LogP contribution in [-0.2, 0) is 10.0 Å². The maximum Gasteiger partial charge on any atom is 0.261 e. The second kappa shape index (κ2) is 12.9. The summed E-state index contributed by atoms with van der Waals surface area (Å²) in [6.07, 6.45) is 6.25. The van der Waals surface area contributed by atoms with Gasteiger partial charge in [0.2, 0.25) is 0 Å². The molecular formula is C29H40ClN3O5S. The first kappa shape index (κ1) is 29.6. The molecule has 0 unspecified atom stereocenters. The number of likely N-dealkylation sites (N-methyl/N-ethyl adjacent to an activating group) is 1. The number of nitrogens with zero attached hydrogens (tertiary/aromatic N) is 2. The van der Waals surface area contributed by atoms with Gasteiger partial charge in [0.05, 0.1) is 23.1 Å². The van der Waals surface area contributed by atoms with E-state index >= 15 is 0 Å². The Kier molecular flexibility index (Phi) is 9.80. The molecule has 1 aliphatic heterocycles. The van der Waals surface area contributed by atoms with E-state index in [-0.39, 0.29) is 40.7 Å². The summed E-state index contributed by atoms with van der Waals surface area (Å²) in [6, 6.07) is 10.2. The molecule has 0 saturated heterocycles. The molecular weight excluding hydrogens is 538 g/mol. The zero-order chi connectivity index (χ0) is 28.2. The van der Waals surface area contributed by atoms with Crippen LogP contribution in [-0.4, -0.2) is 74.7 Å². The minimum atomic E-state index is -3.90. The third-order valence-electron chi connectivity index (χ3n) is 7.83. The third kappa shape index (κ3) is 7.45. The summed E-state index contributed by atoms with van der Waals surface area (Å²) in [4.78, 5) is 17.7. The molecule has 0 aromatic heterocycles. The number of carbonyl (C=O) groups excluding carboxylic acids is 1. The van der Waals surface area contributed by atoms with Crippen molar-refractivity contribution < 1.29 is 23.1 Å². The van der Waals surface area contributed by atoms with E-state index in [1.54, 1.807) is 17.0 Å². The predicted octanol–water partition coefficient (Wildman–Crippen LogP) is 4.87. The molecule has 3 atom stereocenters. The minimum Gasteiger partial charge on any atom is -0.488 e. The Bertz CT molecular complexity index is 1230. The van der Waals surface area contributed by atoms with Gasteiger partial charge in [0.15, 0.2) is 0 Å². The first-order valence-corrected chi connectivity index (χ1v) is 15.6. The van der Waals surface area contributed by atoms with Crippen LogP contribution in [0.25, 0.3) is 0 Å². The van der Waals surface area contributed by atoms with Crippen molar-refractivity contribution in [3.63, 3.8) is 0 Å². The molecule has 2 aliphatic rings. The Morgan fingerprint density at radius 3 is 2.49 bits per heavy atom. The number of carbonyl (C=O) groups is 1. The molecule has 1 amide bonds. The predicted molar refractivity (Wildman–Crippen MR) is 154 cm³/mol. The summed E-state index contributed by atoms with van der Waals surface area (Å²) in [7, 11) is -1.77. The third-order valence-corrected chi connectivity index (χ3v) is 9.48. The molecule has 1 saturated carbocycles. The Morgan fingerprint density at radius 2 is 1.82 bits per heavy atom. The van der Waals surface area contributed by atoms with Crippen LogP contribution >= 0.6 is 11.6 Å². The van der Waals surface area contributed by atoms with Crippen LogP contribution in [0.15, 0.2) is 47.4 Å². The van der Waals surface area contributed by atoms with Crippen LogP contribution in [0, 0.1) is 11.8 Å². The van der Waals surface area contributed by atoms with Crippen molar-refractivity contribution in [2.24, 2.45) is 11.8 Å². The molecule has 0 radical (unpaired) electrons. The molecule has 0 bridgehead atoms. The van der Waals surface area contributed by atoms with E-state index < -0.39 is 16.1 Å². The Balaban J connectivity index is 1.60. The van der Waals surface area contributed by atoms with E-state index in [0.717, 1.165) is 6.54 Å². The van der Waals surface area contributed by atoms with Crippen LogP contribution in [0.3, 0.4) is 0 Å². The molecule has 8 nitrogen and oxygen atoms in total. The fourth-order valence-electron chi connectivity index (χ4n) is 5.52. The number of amides is 1. The van der Waals surface area contributed by atoms with Crippen molar-refractivity contribution in [2.75, 3.05) is 38.0 Å². The highest BCUT2D eigenvalue weighted by atomic mass is 35.5. The number of nitrogens with one attached hydrogen (secondary N) is 1. The van der Waals surface area contributed by atoms with Gasteiger partial charge in [0.1, 0.15) is 11.9 Å². The lowest BCUT2D eigenvalue weighted by atomic mass is 9.89. The van der Waals surface area contributed by atoms with Crippen LogP contribution in [0.4, 0.5) is 5.69 Å². The summed E-state index contributed by atoms with van der Waals surface area (Å²) >= 11 is 5.91. The number of halogens is 1. The number of ether oxygens (including phenoxy) is 1. The number of hydrogen-bond donors (Lipinski definition) is 2. The zero-order valence-electron chi connectivity index (χ0n) is 23.0. The molecule has 0 spiro atoms. The van der Waals surface area contributed by atoms with Gasteiger partial charge in [0, 0.05) is 36.3 Å². The standard InChI is InChI=1S/C29H40ClN3O5S/c1-20-16-33(21(2)19-34)29(35)26-15-24(31-39(36,37)25-12-9-23(30)10-13-25)11-14-27(26)38-28(20)18-32(3)17-22-7-5-4-6-8-22/h9-15,20-22,28,31,34H,4-8,16-19H2,1-3H3/t20-,21+,28-/m1/s1. The lowest BCUT2D eigenvalue weighted by Gasteiger charge is -2.38. The van der Waals surface area contributed by atoms with Crippen molar-refractivity contribution in [3.05, 3.63) is 53.1 Å². The van der Waals surface area contributed by atoms with Gasteiger partial charge in [-0.1, -0.05) is 37.8 Å². The maximum absolute atomic E-state index is 13.7. The van der Waals surface area contributed by atoms with Gasteiger partial charge >= 0.3 is 0 Å². The fourth-order valence-corrected chi connectivity index (χ4v) is 6.70. The number of aliphatic hydroxyl groups is 1. The highest BCUT2D eigenvalue weighted by Gasteiger charge is 2.34. The number of hydrogen-bond acceptors (Lipinski definition) is 6. The highest BCUT2D eigenvalue weighted by molar-refractivity contribution is 7.92. The van der Waals surface area contributed by atoms with E-state index in [9.17, 15) is 18.3 Å². The molecule has 1 fully saturated rings. The summed E-state index contributed by atoms with van der Waals surface area (Å²) in [5.74, 6) is 0.823. The number of benzene rings is 2. The normalized spacial score (nSPS) is 21.6. The van der Waals surface area contributed by atoms with Gasteiger partial charge in [-0.2, -0.15) is 0 Å². The number of anilines is 1. The average Bonchev–Trinajstić information content (AvgIpc) is 2.91. The first-order valence-electron chi connectivity index (χ1n) is 13.8. The van der Waals surface area contributed by atoms with Crippen molar-refractivity contribution in [2.45, 2.75) is 63.0 Å². The molecule has 214 valence electrons. The van der Waals surface area contributed by atoms with E-state index in [2.05, 4.69) is 23.6 Å². The molecule has 2 aromatic carbocycles. The molecule has 2 aromatic rings. The summed E-state index contributed by atoms with van der Waals surface area (Å²) in [6.45, 7) is 5.84. The Labute approximate surface area is 237 Å². The Morgan fingerprint density at radius 1 is 1.13 bits per heavy atom. The molecule has 1 heterocycles. The van der Waals surface area contributed by atoms with Gasteiger partial charge in [0.25, 0.3) is 15.9 Å². The van der Waals surface area contributed by atoms with Gasteiger partial charge in [-0.3, -0.25) is 9.52 Å². The first-order chi connectivity index (χ1) is 18.6. The second-order valence-electron chi connectivity index (χ2n) is 11.1. The Hall–Kier alpha value is -2.33. The summed E-state index contributed by atoms with van der Waals surface area (Å²) in [5, 5.41) is 10.3. The maximum atomic E-state index is 13.7. The topological polar surface area (TPSA) is 99.2 Å². The quantitative estimate of drug-likeness (QED) is 0.441. The molecule has 1 aliphatic carbocycles. The zero-order valence-corrected chi connectivity index (χ0v) is 24.5. The molecule has 10 heteroatoms. The van der Waals surface area contributed by atoms with Gasteiger partial charge in [-0.05, 0) is 75.2 Å². The van der Waals surface area contributed by atoms with Crippen LogP contribution < -0.4 is 9.46 Å². The number of sulfonamides is 1. The lowest BCUT2D eigenvalue weighted by molar-refractivity contribution is 0.0330. The van der Waals surface area contributed by atoms with Crippen LogP contribution in [0.2, 0.25) is 5.02 Å². The number of fused-ring (bicyclic) bond motifs is 1. The monoisotopic (exact) mass is 577 g/mol. The summed E-state index contributed by atoms with van der Waals surface area (Å²) < 4.78 is 35.0. The largest absolute Gasteiger partial charge is 0.488 e. The van der Waals surface area contributed by atoms with Crippen LogP contribution in [0.5, 0.6) is 5.75 Å². The second-order valence-corrected chi connectivity index (χ2v) is 13.2. The average molecular weight is 578 g/mol. The van der Waals surface area contributed by atoms with Crippen molar-refractivity contribution in [1.82, 2.24) is 9.80 Å². The van der Waals surface area contributed by atoms with Crippen molar-refractivity contribution in [1.29, 1.82) is 0 Å². The van der Waals surface area contributed by atoms with E-state index in [1.165, 1.54) is 62.4 Å². The van der Waals surface area contributed by atoms with E-state index in [0.29, 0.717) is 29.8 Å². The number of rotatable bonds is 9. The van der Waals surface area contributed by atoms with Gasteiger partial charge < -0.3 is 19.6 Å². The molecule has 4 rings (SSSR count). The van der Waals surface area contributed by atoms with Crippen molar-refractivity contribution >= 4 is 33.2 Å². The minimum absolute atomic E-state index is 0.0213. The van der Waals surface area contributed by atoms with Gasteiger partial charge in [-0.25, -0.2) is 8.42 Å². The molecule has 39 heavy (non-hydrogen) atoms. The van der Waals surface area contributed by atoms with E-state index in [4.69, 9.17) is 16.3 Å². The van der Waals surface area contributed by atoms with Crippen molar-refractivity contribution in [3.8, 4) is 5.75 Å². The lowest BCUT2D eigenvalue weighted by Crippen LogP contribution is -2.50. The summed E-state index contributed by atoms with van der Waals surface area (Å²) in [5.41, 5.74) is 0.510. The highest BCUT2D eigenvalue weighted by Crippen LogP contribution is 2.32.